The third-order valence-corrected chi connectivity index (χ3v) is 2.44. The third-order valence-electron chi connectivity index (χ3n) is 2.44. The van der Waals surface area contributed by atoms with Crippen molar-refractivity contribution in [1.82, 2.24) is 9.55 Å². The van der Waals surface area contributed by atoms with Gasteiger partial charge >= 0.3 is 6.55 Å². The van der Waals surface area contributed by atoms with Gasteiger partial charge < -0.3 is 5.32 Å². The van der Waals surface area contributed by atoms with Gasteiger partial charge in [-0.05, 0) is 18.2 Å². The van der Waals surface area contributed by atoms with E-state index < -0.39 is 6.55 Å². The van der Waals surface area contributed by atoms with Crippen LogP contribution in [0, 0.1) is 12.3 Å². The lowest BCUT2D eigenvalue weighted by atomic mass is 10.2. The van der Waals surface area contributed by atoms with Crippen molar-refractivity contribution in [2.24, 2.45) is 0 Å². The molecule has 18 heavy (non-hydrogen) atoms. The van der Waals surface area contributed by atoms with Crippen LogP contribution in [0.4, 0.5) is 14.5 Å². The smallest absolute Gasteiger partial charge is 0.319 e. The molecule has 1 heterocycles. The normalized spacial score (nSPS) is 10.3. The molecule has 0 spiro atoms. The first kappa shape index (κ1) is 12.1. The maximum Gasteiger partial charge on any atom is 0.319 e. The molecule has 2 aromatic rings. The molecule has 2 rings (SSSR count). The van der Waals surface area contributed by atoms with Gasteiger partial charge in [-0.1, -0.05) is 12.0 Å². The van der Waals surface area contributed by atoms with Crippen LogP contribution in [-0.2, 0) is 6.54 Å². The number of nitrogens with zero attached hydrogens (tertiary/aromatic N) is 2. The Bertz CT molecular complexity index is 570. The zero-order valence-electron chi connectivity index (χ0n) is 9.48. The lowest BCUT2D eigenvalue weighted by Gasteiger charge is -2.09. The van der Waals surface area contributed by atoms with Crippen LogP contribution in [-0.4, -0.2) is 9.55 Å². The van der Waals surface area contributed by atoms with E-state index >= 15 is 0 Å². The second-order valence-corrected chi connectivity index (χ2v) is 3.61. The Morgan fingerprint density at radius 1 is 1.44 bits per heavy atom. The topological polar surface area (TPSA) is 29.9 Å². The van der Waals surface area contributed by atoms with E-state index in [9.17, 15) is 8.78 Å². The monoisotopic (exact) mass is 247 g/mol. The number of aromatic nitrogens is 2. The highest BCUT2D eigenvalue weighted by molar-refractivity contribution is 5.49. The van der Waals surface area contributed by atoms with Crippen molar-refractivity contribution >= 4 is 5.69 Å². The fraction of sp³-hybridized carbons (Fsp3) is 0.154. The van der Waals surface area contributed by atoms with Crippen LogP contribution in [0.5, 0.6) is 0 Å². The highest BCUT2D eigenvalue weighted by Crippen LogP contribution is 2.15. The molecule has 0 aliphatic heterocycles. The highest BCUT2D eigenvalue weighted by Gasteiger charge is 2.10. The Hall–Kier alpha value is -2.35. The average molecular weight is 247 g/mol. The minimum absolute atomic E-state index is 0.214. The van der Waals surface area contributed by atoms with E-state index in [1.54, 1.807) is 18.2 Å². The van der Waals surface area contributed by atoms with Crippen molar-refractivity contribution in [2.75, 3.05) is 5.32 Å². The zero-order valence-corrected chi connectivity index (χ0v) is 9.48. The lowest BCUT2D eigenvalue weighted by Crippen LogP contribution is -2.09. The van der Waals surface area contributed by atoms with Crippen LogP contribution in [0.2, 0.25) is 0 Å². The molecule has 1 aromatic heterocycles. The van der Waals surface area contributed by atoms with Gasteiger partial charge in [0.15, 0.2) is 0 Å². The summed E-state index contributed by atoms with van der Waals surface area (Å²) in [7, 11) is 0. The Morgan fingerprint density at radius 3 is 3.00 bits per heavy atom. The summed E-state index contributed by atoms with van der Waals surface area (Å²) >= 11 is 0. The second-order valence-electron chi connectivity index (χ2n) is 3.61. The summed E-state index contributed by atoms with van der Waals surface area (Å²) in [6, 6.07) is 7.19. The van der Waals surface area contributed by atoms with Crippen LogP contribution in [0.15, 0.2) is 36.7 Å². The largest absolute Gasteiger partial charge is 0.378 e. The van der Waals surface area contributed by atoms with Gasteiger partial charge in [0.1, 0.15) is 5.82 Å². The van der Waals surface area contributed by atoms with E-state index in [2.05, 4.69) is 16.2 Å². The van der Waals surface area contributed by atoms with Gasteiger partial charge in [-0.15, -0.1) is 6.42 Å². The fourth-order valence-corrected chi connectivity index (χ4v) is 1.56. The summed E-state index contributed by atoms with van der Waals surface area (Å²) < 4.78 is 26.0. The molecule has 0 radical (unpaired) electrons. The van der Waals surface area contributed by atoms with Gasteiger partial charge in [0.05, 0.1) is 6.54 Å². The van der Waals surface area contributed by atoms with Crippen molar-refractivity contribution in [3.63, 3.8) is 0 Å². The number of anilines is 1. The maximum atomic E-state index is 12.6. The van der Waals surface area contributed by atoms with E-state index in [4.69, 9.17) is 6.42 Å². The molecule has 0 saturated heterocycles. The molecule has 5 heteroatoms. The molecule has 0 amide bonds. The minimum atomic E-state index is -2.58. The highest BCUT2D eigenvalue weighted by atomic mass is 19.3. The average Bonchev–Trinajstić information content (AvgIpc) is 2.85. The van der Waals surface area contributed by atoms with Crippen molar-refractivity contribution < 1.29 is 8.78 Å². The van der Waals surface area contributed by atoms with E-state index in [1.807, 2.05) is 6.07 Å². The molecule has 92 valence electrons. The molecule has 0 aliphatic rings. The Balaban J connectivity index is 2.07. The summed E-state index contributed by atoms with van der Waals surface area (Å²) in [4.78, 5) is 3.88. The predicted molar refractivity (Wildman–Crippen MR) is 65.2 cm³/mol. The molecule has 1 aromatic carbocycles. The molecule has 0 fully saturated rings. The number of benzene rings is 1. The van der Waals surface area contributed by atoms with Crippen molar-refractivity contribution in [3.8, 4) is 12.3 Å². The van der Waals surface area contributed by atoms with E-state index in [-0.39, 0.29) is 12.4 Å². The lowest BCUT2D eigenvalue weighted by molar-refractivity contribution is 0.0673. The van der Waals surface area contributed by atoms with Crippen LogP contribution in [0.3, 0.4) is 0 Å². The summed E-state index contributed by atoms with van der Waals surface area (Å²) in [5.74, 6) is 2.78. The standard InChI is InChI=1S/C13H11F2N3/c1-2-10-4-3-5-11(8-10)17-9-12-16-6-7-18(12)13(14)15/h1,3-8,13,17H,9H2. The number of alkyl halides is 2. The van der Waals surface area contributed by atoms with Gasteiger partial charge in [-0.25, -0.2) is 4.98 Å². The number of hydrogen-bond donors (Lipinski definition) is 1. The first-order chi connectivity index (χ1) is 8.70. The Labute approximate surface area is 103 Å². The molecule has 0 unspecified atom stereocenters. The fourth-order valence-electron chi connectivity index (χ4n) is 1.56. The molecule has 3 nitrogen and oxygen atoms in total. The van der Waals surface area contributed by atoms with Crippen molar-refractivity contribution in [1.29, 1.82) is 0 Å². The number of halogens is 2. The van der Waals surface area contributed by atoms with Gasteiger partial charge in [0.2, 0.25) is 0 Å². The first-order valence-electron chi connectivity index (χ1n) is 5.31. The second kappa shape index (κ2) is 5.32. The van der Waals surface area contributed by atoms with Crippen LogP contribution in [0.1, 0.15) is 17.9 Å². The van der Waals surface area contributed by atoms with Gasteiger partial charge in [0, 0.05) is 23.6 Å². The number of rotatable bonds is 4. The van der Waals surface area contributed by atoms with E-state index in [0.29, 0.717) is 0 Å². The number of imidazole rings is 1. The number of hydrogen-bond acceptors (Lipinski definition) is 2. The molecule has 0 aliphatic carbocycles. The Kier molecular flexibility index (Phi) is 3.58. The van der Waals surface area contributed by atoms with Crippen LogP contribution >= 0.6 is 0 Å². The van der Waals surface area contributed by atoms with E-state index in [1.165, 1.54) is 12.4 Å². The molecule has 0 saturated carbocycles. The van der Waals surface area contributed by atoms with Crippen molar-refractivity contribution in [2.45, 2.75) is 13.1 Å². The van der Waals surface area contributed by atoms with Crippen LogP contribution < -0.4 is 5.32 Å². The molecule has 0 bridgehead atoms. The maximum absolute atomic E-state index is 12.6. The minimum Gasteiger partial charge on any atom is -0.378 e. The first-order valence-corrected chi connectivity index (χ1v) is 5.31. The number of terminal acetylenes is 1. The molecule has 1 N–H and O–H groups in total. The quantitative estimate of drug-likeness (QED) is 0.842. The zero-order chi connectivity index (χ0) is 13.0. The Morgan fingerprint density at radius 2 is 2.28 bits per heavy atom. The summed E-state index contributed by atoms with van der Waals surface area (Å²) in [6.45, 7) is -2.37. The van der Waals surface area contributed by atoms with E-state index in [0.717, 1.165) is 15.8 Å². The summed E-state index contributed by atoms with van der Waals surface area (Å²) in [5, 5.41) is 3.00. The van der Waals surface area contributed by atoms with Crippen molar-refractivity contribution in [3.05, 3.63) is 48.0 Å². The summed E-state index contributed by atoms with van der Waals surface area (Å²) in [6.07, 6.45) is 7.88. The predicted octanol–water partition coefficient (Wildman–Crippen LogP) is 2.87. The van der Waals surface area contributed by atoms with Crippen LogP contribution in [0.25, 0.3) is 0 Å². The van der Waals surface area contributed by atoms with Gasteiger partial charge in [0.25, 0.3) is 0 Å². The SMILES string of the molecule is C#Cc1cccc(NCc2nccn2C(F)F)c1. The van der Waals surface area contributed by atoms with Gasteiger partial charge in [-0.3, -0.25) is 4.57 Å². The third kappa shape index (κ3) is 2.66. The summed E-state index contributed by atoms with van der Waals surface area (Å²) in [5.41, 5.74) is 1.51. The molecular formula is C13H11F2N3. The van der Waals surface area contributed by atoms with Gasteiger partial charge in [-0.2, -0.15) is 8.78 Å². The molecule has 0 atom stereocenters. The molecular weight excluding hydrogens is 236 g/mol. The number of nitrogens with one attached hydrogen (secondary N) is 1.